The van der Waals surface area contributed by atoms with E-state index in [2.05, 4.69) is 10.3 Å². The summed E-state index contributed by atoms with van der Waals surface area (Å²) in [6, 6.07) is 7.19. The van der Waals surface area contributed by atoms with Crippen LogP contribution in [-0.4, -0.2) is 47.0 Å². The summed E-state index contributed by atoms with van der Waals surface area (Å²) < 4.78 is 1.40. The minimum absolute atomic E-state index is 0. The van der Waals surface area contributed by atoms with Crippen molar-refractivity contribution in [1.29, 1.82) is 0 Å². The number of halogens is 1. The van der Waals surface area contributed by atoms with Gasteiger partial charge in [-0.3, -0.25) is 14.2 Å². The largest absolute Gasteiger partial charge is 0.341 e. The van der Waals surface area contributed by atoms with Crippen molar-refractivity contribution in [3.8, 4) is 0 Å². The zero-order valence-electron chi connectivity index (χ0n) is 13.1. The van der Waals surface area contributed by atoms with Gasteiger partial charge in [0, 0.05) is 13.1 Å². The van der Waals surface area contributed by atoms with Gasteiger partial charge in [-0.2, -0.15) is 0 Å². The molecular formula is C16H21ClN4O2. The Kier molecular flexibility index (Phi) is 5.74. The van der Waals surface area contributed by atoms with Gasteiger partial charge < -0.3 is 10.2 Å². The standard InChI is InChI=1S/C16H20N4O2.ClH/c1-17-8-12-6-7-19(9-12)15(21)10-20-11-18-14-5-3-2-4-13(14)16(20)22;/h2-5,11-12,17H,6-10H2,1H3;1H. The van der Waals surface area contributed by atoms with Crippen LogP contribution in [0.3, 0.4) is 0 Å². The zero-order chi connectivity index (χ0) is 15.5. The molecule has 0 radical (unpaired) electrons. The molecule has 1 atom stereocenters. The maximum atomic E-state index is 12.4. The molecule has 3 rings (SSSR count). The van der Waals surface area contributed by atoms with E-state index in [1.54, 1.807) is 18.2 Å². The lowest BCUT2D eigenvalue weighted by molar-refractivity contribution is -0.130. The lowest BCUT2D eigenvalue weighted by Crippen LogP contribution is -2.35. The molecule has 1 aliphatic rings. The highest BCUT2D eigenvalue weighted by Gasteiger charge is 2.25. The SMILES string of the molecule is CNCC1CCN(C(=O)Cn2cnc3ccccc3c2=O)C1.Cl. The number of fused-ring (bicyclic) bond motifs is 1. The molecule has 124 valence electrons. The van der Waals surface area contributed by atoms with E-state index in [0.717, 1.165) is 26.1 Å². The van der Waals surface area contributed by atoms with Gasteiger partial charge in [0.25, 0.3) is 5.56 Å². The maximum Gasteiger partial charge on any atom is 0.261 e. The van der Waals surface area contributed by atoms with Crippen molar-refractivity contribution in [3.05, 3.63) is 40.9 Å². The number of aromatic nitrogens is 2. The summed E-state index contributed by atoms with van der Waals surface area (Å²) in [5.74, 6) is 0.484. The molecule has 0 bridgehead atoms. The van der Waals surface area contributed by atoms with E-state index in [9.17, 15) is 9.59 Å². The Labute approximate surface area is 140 Å². The Morgan fingerprint density at radius 1 is 1.39 bits per heavy atom. The number of hydrogen-bond acceptors (Lipinski definition) is 4. The lowest BCUT2D eigenvalue weighted by Gasteiger charge is -2.17. The lowest BCUT2D eigenvalue weighted by atomic mass is 10.1. The fraction of sp³-hybridized carbons (Fsp3) is 0.438. The molecule has 1 amide bonds. The first-order valence-electron chi connectivity index (χ1n) is 7.55. The minimum atomic E-state index is -0.162. The van der Waals surface area contributed by atoms with Crippen molar-refractivity contribution in [2.75, 3.05) is 26.7 Å². The minimum Gasteiger partial charge on any atom is -0.341 e. The Morgan fingerprint density at radius 3 is 2.96 bits per heavy atom. The average molecular weight is 337 g/mol. The Hall–Kier alpha value is -1.92. The molecular weight excluding hydrogens is 316 g/mol. The fourth-order valence-electron chi connectivity index (χ4n) is 2.98. The highest BCUT2D eigenvalue weighted by Crippen LogP contribution is 2.15. The summed E-state index contributed by atoms with van der Waals surface area (Å²) in [4.78, 5) is 30.8. The Balaban J connectivity index is 0.00000192. The second-order valence-corrected chi connectivity index (χ2v) is 5.75. The highest BCUT2D eigenvalue weighted by molar-refractivity contribution is 5.85. The number of nitrogens with zero attached hydrogens (tertiary/aromatic N) is 3. The molecule has 0 spiro atoms. The predicted octanol–water partition coefficient (Wildman–Crippen LogP) is 0.886. The van der Waals surface area contributed by atoms with Gasteiger partial charge in [0.1, 0.15) is 6.54 Å². The van der Waals surface area contributed by atoms with Gasteiger partial charge in [-0.25, -0.2) is 4.98 Å². The van der Waals surface area contributed by atoms with E-state index in [-0.39, 0.29) is 30.4 Å². The monoisotopic (exact) mass is 336 g/mol. The van der Waals surface area contributed by atoms with Gasteiger partial charge in [0.05, 0.1) is 17.2 Å². The molecule has 1 unspecified atom stereocenters. The normalized spacial score (nSPS) is 17.3. The van der Waals surface area contributed by atoms with Crippen LogP contribution in [0, 0.1) is 5.92 Å². The van der Waals surface area contributed by atoms with Gasteiger partial charge in [-0.15, -0.1) is 12.4 Å². The molecule has 7 heteroatoms. The van der Waals surface area contributed by atoms with Crippen molar-refractivity contribution in [2.24, 2.45) is 5.92 Å². The Morgan fingerprint density at radius 2 is 2.17 bits per heavy atom. The van der Waals surface area contributed by atoms with Crippen LogP contribution in [-0.2, 0) is 11.3 Å². The predicted molar refractivity (Wildman–Crippen MR) is 91.9 cm³/mol. The number of carbonyl (C=O) groups is 1. The molecule has 6 nitrogen and oxygen atoms in total. The molecule has 1 N–H and O–H groups in total. The molecule has 0 saturated carbocycles. The van der Waals surface area contributed by atoms with Crippen molar-refractivity contribution in [1.82, 2.24) is 19.8 Å². The second kappa shape index (κ2) is 7.57. The first-order valence-corrected chi connectivity index (χ1v) is 7.55. The van der Waals surface area contributed by atoms with Crippen LogP contribution in [0.1, 0.15) is 6.42 Å². The third-order valence-electron chi connectivity index (χ3n) is 4.17. The van der Waals surface area contributed by atoms with Crippen LogP contribution >= 0.6 is 12.4 Å². The first-order chi connectivity index (χ1) is 10.7. The topological polar surface area (TPSA) is 67.2 Å². The van der Waals surface area contributed by atoms with Crippen LogP contribution in [0.2, 0.25) is 0 Å². The molecule has 1 saturated heterocycles. The number of carbonyl (C=O) groups excluding carboxylic acids is 1. The molecule has 1 aromatic carbocycles. The van der Waals surface area contributed by atoms with Gasteiger partial charge in [-0.1, -0.05) is 12.1 Å². The van der Waals surface area contributed by atoms with E-state index in [4.69, 9.17) is 0 Å². The first kappa shape index (κ1) is 17.4. The molecule has 23 heavy (non-hydrogen) atoms. The fourth-order valence-corrected chi connectivity index (χ4v) is 2.98. The quantitative estimate of drug-likeness (QED) is 0.900. The van der Waals surface area contributed by atoms with E-state index in [1.165, 1.54) is 10.9 Å². The molecule has 0 aliphatic carbocycles. The smallest absolute Gasteiger partial charge is 0.261 e. The summed E-state index contributed by atoms with van der Waals surface area (Å²) in [6.07, 6.45) is 2.47. The van der Waals surface area contributed by atoms with Crippen molar-refractivity contribution >= 4 is 29.2 Å². The van der Waals surface area contributed by atoms with E-state index < -0.39 is 0 Å². The number of para-hydroxylation sites is 1. The maximum absolute atomic E-state index is 12.4. The average Bonchev–Trinajstić information content (AvgIpc) is 2.99. The van der Waals surface area contributed by atoms with E-state index in [0.29, 0.717) is 16.8 Å². The second-order valence-electron chi connectivity index (χ2n) is 5.75. The van der Waals surface area contributed by atoms with Gasteiger partial charge in [-0.05, 0) is 38.1 Å². The van der Waals surface area contributed by atoms with Crippen molar-refractivity contribution in [2.45, 2.75) is 13.0 Å². The third kappa shape index (κ3) is 3.71. The van der Waals surface area contributed by atoms with Crippen LogP contribution in [0.4, 0.5) is 0 Å². The van der Waals surface area contributed by atoms with E-state index in [1.807, 2.05) is 18.0 Å². The number of rotatable bonds is 4. The van der Waals surface area contributed by atoms with Crippen LogP contribution in [0.5, 0.6) is 0 Å². The molecule has 1 aromatic heterocycles. The van der Waals surface area contributed by atoms with Crippen LogP contribution in [0.15, 0.2) is 35.4 Å². The van der Waals surface area contributed by atoms with E-state index >= 15 is 0 Å². The molecule has 2 aromatic rings. The summed E-state index contributed by atoms with van der Waals surface area (Å²) in [5.41, 5.74) is 0.497. The van der Waals surface area contributed by atoms with Crippen molar-refractivity contribution in [3.63, 3.8) is 0 Å². The number of likely N-dealkylation sites (tertiary alicyclic amines) is 1. The van der Waals surface area contributed by atoms with Crippen LogP contribution in [0.25, 0.3) is 10.9 Å². The summed E-state index contributed by atoms with van der Waals surface area (Å²) >= 11 is 0. The van der Waals surface area contributed by atoms with Crippen molar-refractivity contribution < 1.29 is 4.79 Å². The van der Waals surface area contributed by atoms with Gasteiger partial charge in [0.2, 0.25) is 5.91 Å². The highest BCUT2D eigenvalue weighted by atomic mass is 35.5. The number of nitrogens with one attached hydrogen (secondary N) is 1. The molecule has 1 fully saturated rings. The van der Waals surface area contributed by atoms with Gasteiger partial charge in [0.15, 0.2) is 0 Å². The Bertz CT molecular complexity index is 746. The zero-order valence-corrected chi connectivity index (χ0v) is 13.9. The number of hydrogen-bond donors (Lipinski definition) is 1. The molecule has 2 heterocycles. The summed E-state index contributed by atoms with van der Waals surface area (Å²) in [7, 11) is 1.92. The summed E-state index contributed by atoms with van der Waals surface area (Å²) in [5, 5.41) is 3.69. The summed E-state index contributed by atoms with van der Waals surface area (Å²) in [6.45, 7) is 2.50. The van der Waals surface area contributed by atoms with Gasteiger partial charge >= 0.3 is 0 Å². The number of benzene rings is 1. The third-order valence-corrected chi connectivity index (χ3v) is 4.17. The van der Waals surface area contributed by atoms with Crippen LogP contribution < -0.4 is 10.9 Å². The number of amides is 1. The molecule has 1 aliphatic heterocycles.